The summed E-state index contributed by atoms with van der Waals surface area (Å²) in [4.78, 5) is 9.29. The molecule has 1 aliphatic rings. The lowest BCUT2D eigenvalue weighted by Crippen LogP contribution is -2.17. The third kappa shape index (κ3) is 2.41. The molecule has 2 aromatic heterocycles. The van der Waals surface area contributed by atoms with E-state index in [2.05, 4.69) is 22.2 Å². The van der Waals surface area contributed by atoms with Gasteiger partial charge in [0, 0.05) is 18.5 Å². The van der Waals surface area contributed by atoms with E-state index in [1.165, 1.54) is 0 Å². The summed E-state index contributed by atoms with van der Waals surface area (Å²) >= 11 is 0. The van der Waals surface area contributed by atoms with Gasteiger partial charge in [-0.2, -0.15) is 0 Å². The first kappa shape index (κ1) is 13.1. The molecular weight excluding hydrogens is 254 g/mol. The SMILES string of the molecule is CCCNc1nc(-c2occc2C)nc2c1COCC2. The smallest absolute Gasteiger partial charge is 0.198 e. The van der Waals surface area contributed by atoms with Crippen molar-refractivity contribution in [1.82, 2.24) is 9.97 Å². The highest BCUT2D eigenvalue weighted by molar-refractivity contribution is 5.58. The summed E-state index contributed by atoms with van der Waals surface area (Å²) in [6.45, 7) is 6.32. The summed E-state index contributed by atoms with van der Waals surface area (Å²) in [6, 6.07) is 1.93. The van der Waals surface area contributed by atoms with Crippen molar-refractivity contribution in [3.63, 3.8) is 0 Å². The molecule has 0 saturated heterocycles. The minimum atomic E-state index is 0.582. The van der Waals surface area contributed by atoms with Gasteiger partial charge in [0.2, 0.25) is 0 Å². The Labute approximate surface area is 118 Å². The van der Waals surface area contributed by atoms with E-state index in [0.717, 1.165) is 47.8 Å². The number of hydrogen-bond donors (Lipinski definition) is 1. The predicted octanol–water partition coefficient (Wildman–Crippen LogP) is 2.94. The number of fused-ring (bicyclic) bond motifs is 1. The lowest BCUT2D eigenvalue weighted by molar-refractivity contribution is 0.109. The van der Waals surface area contributed by atoms with Crippen molar-refractivity contribution < 1.29 is 9.15 Å². The normalized spacial score (nSPS) is 14.1. The molecule has 0 atom stereocenters. The quantitative estimate of drug-likeness (QED) is 0.928. The fourth-order valence-corrected chi connectivity index (χ4v) is 2.32. The highest BCUT2D eigenvalue weighted by Gasteiger charge is 2.20. The number of rotatable bonds is 4. The molecule has 1 aliphatic heterocycles. The van der Waals surface area contributed by atoms with Crippen molar-refractivity contribution in [2.24, 2.45) is 0 Å². The fraction of sp³-hybridized carbons (Fsp3) is 0.467. The van der Waals surface area contributed by atoms with Crippen molar-refractivity contribution in [1.29, 1.82) is 0 Å². The van der Waals surface area contributed by atoms with Gasteiger partial charge in [-0.3, -0.25) is 0 Å². The average Bonchev–Trinajstić information content (AvgIpc) is 2.90. The minimum absolute atomic E-state index is 0.582. The van der Waals surface area contributed by atoms with E-state index in [-0.39, 0.29) is 0 Å². The number of nitrogens with zero attached hydrogens (tertiary/aromatic N) is 2. The van der Waals surface area contributed by atoms with Crippen molar-refractivity contribution in [2.45, 2.75) is 33.3 Å². The zero-order valence-electron chi connectivity index (χ0n) is 11.9. The first-order chi connectivity index (χ1) is 9.79. The standard InChI is InChI=1S/C15H19N3O2/c1-3-6-16-14-11-9-19-7-5-12(11)17-15(18-14)13-10(2)4-8-20-13/h4,8H,3,5-7,9H2,1-2H3,(H,16,17,18). The third-order valence-corrected chi connectivity index (χ3v) is 3.43. The van der Waals surface area contributed by atoms with Gasteiger partial charge in [0.05, 0.1) is 25.2 Å². The van der Waals surface area contributed by atoms with Crippen LogP contribution in [0.2, 0.25) is 0 Å². The van der Waals surface area contributed by atoms with Gasteiger partial charge in [-0.15, -0.1) is 0 Å². The Bertz CT molecular complexity index is 607. The zero-order chi connectivity index (χ0) is 13.9. The van der Waals surface area contributed by atoms with Gasteiger partial charge in [-0.1, -0.05) is 6.92 Å². The molecule has 0 saturated carbocycles. The van der Waals surface area contributed by atoms with Gasteiger partial charge >= 0.3 is 0 Å². The molecule has 0 fully saturated rings. The van der Waals surface area contributed by atoms with Gasteiger partial charge in [-0.05, 0) is 25.0 Å². The van der Waals surface area contributed by atoms with Crippen LogP contribution in [0.25, 0.3) is 11.6 Å². The number of anilines is 1. The second kappa shape index (κ2) is 5.63. The van der Waals surface area contributed by atoms with E-state index < -0.39 is 0 Å². The topological polar surface area (TPSA) is 60.2 Å². The monoisotopic (exact) mass is 273 g/mol. The van der Waals surface area contributed by atoms with Crippen molar-refractivity contribution in [3.8, 4) is 11.6 Å². The van der Waals surface area contributed by atoms with Gasteiger partial charge in [0.25, 0.3) is 0 Å². The molecule has 3 heterocycles. The number of ether oxygens (including phenoxy) is 1. The fourth-order valence-electron chi connectivity index (χ4n) is 2.32. The molecule has 0 aliphatic carbocycles. The number of hydrogen-bond acceptors (Lipinski definition) is 5. The first-order valence-corrected chi connectivity index (χ1v) is 7.05. The van der Waals surface area contributed by atoms with E-state index in [0.29, 0.717) is 19.0 Å². The molecule has 2 aromatic rings. The van der Waals surface area contributed by atoms with Gasteiger partial charge in [0.15, 0.2) is 11.6 Å². The van der Waals surface area contributed by atoms with Crippen LogP contribution in [0.5, 0.6) is 0 Å². The Balaban J connectivity index is 2.05. The van der Waals surface area contributed by atoms with Gasteiger partial charge in [-0.25, -0.2) is 9.97 Å². The Kier molecular flexibility index (Phi) is 3.69. The van der Waals surface area contributed by atoms with E-state index in [9.17, 15) is 0 Å². The lowest BCUT2D eigenvalue weighted by Gasteiger charge is -2.19. The summed E-state index contributed by atoms with van der Waals surface area (Å²) < 4.78 is 11.0. The van der Waals surface area contributed by atoms with Crippen LogP contribution in [0.15, 0.2) is 16.7 Å². The van der Waals surface area contributed by atoms with Crippen LogP contribution in [0.3, 0.4) is 0 Å². The zero-order valence-corrected chi connectivity index (χ0v) is 11.9. The first-order valence-electron chi connectivity index (χ1n) is 7.05. The molecule has 0 unspecified atom stereocenters. The van der Waals surface area contributed by atoms with Crippen LogP contribution in [0.4, 0.5) is 5.82 Å². The maximum Gasteiger partial charge on any atom is 0.198 e. The van der Waals surface area contributed by atoms with E-state index in [4.69, 9.17) is 9.15 Å². The summed E-state index contributed by atoms with van der Waals surface area (Å²) in [5.41, 5.74) is 3.20. The van der Waals surface area contributed by atoms with Crippen LogP contribution in [-0.4, -0.2) is 23.1 Å². The molecule has 20 heavy (non-hydrogen) atoms. The van der Waals surface area contributed by atoms with E-state index in [1.807, 2.05) is 13.0 Å². The number of aromatic nitrogens is 2. The largest absolute Gasteiger partial charge is 0.461 e. The molecule has 0 aromatic carbocycles. The number of aryl methyl sites for hydroxylation is 1. The summed E-state index contributed by atoms with van der Waals surface area (Å²) in [5.74, 6) is 2.29. The number of furan rings is 1. The molecule has 0 bridgehead atoms. The second-order valence-corrected chi connectivity index (χ2v) is 4.98. The number of nitrogens with one attached hydrogen (secondary N) is 1. The van der Waals surface area contributed by atoms with Crippen LogP contribution < -0.4 is 5.32 Å². The Morgan fingerprint density at radius 3 is 3.00 bits per heavy atom. The molecule has 3 rings (SSSR count). The third-order valence-electron chi connectivity index (χ3n) is 3.43. The molecule has 106 valence electrons. The van der Waals surface area contributed by atoms with Crippen LogP contribution in [-0.2, 0) is 17.8 Å². The summed E-state index contributed by atoms with van der Waals surface area (Å²) in [5, 5.41) is 3.37. The van der Waals surface area contributed by atoms with Crippen LogP contribution in [0.1, 0.15) is 30.2 Å². The van der Waals surface area contributed by atoms with Crippen LogP contribution in [0, 0.1) is 6.92 Å². The van der Waals surface area contributed by atoms with E-state index in [1.54, 1.807) is 6.26 Å². The van der Waals surface area contributed by atoms with Crippen LogP contribution >= 0.6 is 0 Å². The van der Waals surface area contributed by atoms with Gasteiger partial charge < -0.3 is 14.5 Å². The predicted molar refractivity (Wildman–Crippen MR) is 76.6 cm³/mol. The Hall–Kier alpha value is -1.88. The summed E-state index contributed by atoms with van der Waals surface area (Å²) in [7, 11) is 0. The highest BCUT2D eigenvalue weighted by atomic mass is 16.5. The minimum Gasteiger partial charge on any atom is -0.461 e. The van der Waals surface area contributed by atoms with Crippen molar-refractivity contribution in [3.05, 3.63) is 29.2 Å². The summed E-state index contributed by atoms with van der Waals surface area (Å²) in [6.07, 6.45) is 3.55. The molecular formula is C15H19N3O2. The maximum absolute atomic E-state index is 5.53. The molecule has 0 radical (unpaired) electrons. The second-order valence-electron chi connectivity index (χ2n) is 4.98. The molecule has 5 nitrogen and oxygen atoms in total. The average molecular weight is 273 g/mol. The molecule has 1 N–H and O–H groups in total. The van der Waals surface area contributed by atoms with E-state index >= 15 is 0 Å². The van der Waals surface area contributed by atoms with Crippen molar-refractivity contribution >= 4 is 5.82 Å². The van der Waals surface area contributed by atoms with Gasteiger partial charge in [0.1, 0.15) is 5.82 Å². The molecule has 0 amide bonds. The maximum atomic E-state index is 5.53. The van der Waals surface area contributed by atoms with Crippen molar-refractivity contribution in [2.75, 3.05) is 18.5 Å². The lowest BCUT2D eigenvalue weighted by atomic mass is 10.1. The molecule has 5 heteroatoms. The Morgan fingerprint density at radius 2 is 2.25 bits per heavy atom. The molecule has 0 spiro atoms. The Morgan fingerprint density at radius 1 is 1.35 bits per heavy atom. The highest BCUT2D eigenvalue weighted by Crippen LogP contribution is 2.28.